The highest BCUT2D eigenvalue weighted by molar-refractivity contribution is 7.89. The summed E-state index contributed by atoms with van der Waals surface area (Å²) >= 11 is 0. The van der Waals surface area contributed by atoms with E-state index < -0.39 is 10.0 Å². The molecule has 0 radical (unpaired) electrons. The van der Waals surface area contributed by atoms with Crippen LogP contribution >= 0.6 is 0 Å². The number of nitrogens with zero attached hydrogens (tertiary/aromatic N) is 1. The van der Waals surface area contributed by atoms with Crippen molar-refractivity contribution in [1.29, 1.82) is 0 Å². The molecule has 0 aromatic heterocycles. The Morgan fingerprint density at radius 2 is 1.75 bits per heavy atom. The molecule has 2 fully saturated rings. The molecule has 0 bridgehead atoms. The maximum absolute atomic E-state index is 12.9. The third-order valence-electron chi connectivity index (χ3n) is 5.46. The topological polar surface area (TPSA) is 66.5 Å². The van der Waals surface area contributed by atoms with Crippen molar-refractivity contribution in [2.45, 2.75) is 55.9 Å². The minimum Gasteiger partial charge on any atom is -0.353 e. The predicted molar refractivity (Wildman–Crippen MR) is 91.1 cm³/mol. The molecule has 0 spiro atoms. The van der Waals surface area contributed by atoms with Gasteiger partial charge < -0.3 is 5.32 Å². The van der Waals surface area contributed by atoms with Crippen LogP contribution in [-0.2, 0) is 27.7 Å². The van der Waals surface area contributed by atoms with Crippen LogP contribution in [0.3, 0.4) is 0 Å². The first-order chi connectivity index (χ1) is 11.5. The van der Waals surface area contributed by atoms with Crippen LogP contribution in [-0.4, -0.2) is 37.8 Å². The molecule has 1 saturated carbocycles. The number of nitrogens with one attached hydrogen (secondary N) is 1. The number of amides is 1. The van der Waals surface area contributed by atoms with E-state index in [2.05, 4.69) is 5.32 Å². The highest BCUT2D eigenvalue weighted by Gasteiger charge is 2.34. The van der Waals surface area contributed by atoms with Gasteiger partial charge in [0.25, 0.3) is 0 Å². The van der Waals surface area contributed by atoms with Crippen LogP contribution in [0.1, 0.15) is 43.2 Å². The van der Waals surface area contributed by atoms with Gasteiger partial charge in [0.05, 0.1) is 4.90 Å². The zero-order chi connectivity index (χ0) is 16.7. The first-order valence-corrected chi connectivity index (χ1v) is 10.4. The summed E-state index contributed by atoms with van der Waals surface area (Å²) in [5, 5.41) is 3.07. The molecule has 2 aliphatic carbocycles. The van der Waals surface area contributed by atoms with Gasteiger partial charge in [-0.1, -0.05) is 6.07 Å². The molecule has 1 saturated heterocycles. The third kappa shape index (κ3) is 3.09. The number of benzene rings is 1. The van der Waals surface area contributed by atoms with Crippen LogP contribution < -0.4 is 5.32 Å². The molecule has 4 rings (SSSR count). The van der Waals surface area contributed by atoms with Crippen LogP contribution in [0.25, 0.3) is 0 Å². The van der Waals surface area contributed by atoms with Gasteiger partial charge in [-0.05, 0) is 68.2 Å². The van der Waals surface area contributed by atoms with Crippen LogP contribution in [0, 0.1) is 5.92 Å². The number of piperidine rings is 1. The van der Waals surface area contributed by atoms with Crippen molar-refractivity contribution in [1.82, 2.24) is 9.62 Å². The van der Waals surface area contributed by atoms with Crippen molar-refractivity contribution in [2.75, 3.05) is 13.1 Å². The van der Waals surface area contributed by atoms with Crippen molar-refractivity contribution in [3.63, 3.8) is 0 Å². The third-order valence-corrected chi connectivity index (χ3v) is 7.35. The summed E-state index contributed by atoms with van der Waals surface area (Å²) in [6, 6.07) is 5.70. The summed E-state index contributed by atoms with van der Waals surface area (Å²) in [7, 11) is -3.42. The van der Waals surface area contributed by atoms with Gasteiger partial charge in [0.1, 0.15) is 0 Å². The van der Waals surface area contributed by atoms with E-state index in [0.29, 0.717) is 30.8 Å². The lowest BCUT2D eigenvalue weighted by Gasteiger charge is -2.31. The second kappa shape index (κ2) is 6.15. The molecule has 1 amide bonds. The molecule has 24 heavy (non-hydrogen) atoms. The van der Waals surface area contributed by atoms with E-state index in [-0.39, 0.29) is 17.9 Å². The Kier molecular flexibility index (Phi) is 4.12. The largest absolute Gasteiger partial charge is 0.353 e. The lowest BCUT2D eigenvalue weighted by atomic mass is 10.1. The Morgan fingerprint density at radius 3 is 2.46 bits per heavy atom. The summed E-state index contributed by atoms with van der Waals surface area (Å²) in [5.74, 6) is 0.355. The lowest BCUT2D eigenvalue weighted by Crippen LogP contribution is -2.46. The first kappa shape index (κ1) is 16.1. The SMILES string of the molecule is O=C(NC1CCN(S(=O)(=O)c2ccc3c(c2)CCC3)CC1)C1CC1. The second-order valence-corrected chi connectivity index (χ2v) is 9.18. The van der Waals surface area contributed by atoms with Crippen LogP contribution in [0.5, 0.6) is 0 Å². The summed E-state index contributed by atoms with van der Waals surface area (Å²) in [5.41, 5.74) is 2.47. The Balaban J connectivity index is 1.41. The van der Waals surface area contributed by atoms with Gasteiger partial charge in [-0.3, -0.25) is 4.79 Å². The average Bonchev–Trinajstić information content (AvgIpc) is 3.33. The summed E-state index contributed by atoms with van der Waals surface area (Å²) < 4.78 is 27.3. The molecule has 5 nitrogen and oxygen atoms in total. The van der Waals surface area contributed by atoms with E-state index >= 15 is 0 Å². The minimum absolute atomic E-state index is 0.115. The highest BCUT2D eigenvalue weighted by Crippen LogP contribution is 2.30. The van der Waals surface area contributed by atoms with Gasteiger partial charge in [0.2, 0.25) is 15.9 Å². The summed E-state index contributed by atoms with van der Waals surface area (Å²) in [6.07, 6.45) is 6.54. The van der Waals surface area contributed by atoms with Crippen LogP contribution in [0.4, 0.5) is 0 Å². The molecule has 1 aromatic rings. The Hall–Kier alpha value is -1.40. The zero-order valence-corrected chi connectivity index (χ0v) is 14.6. The Morgan fingerprint density at radius 1 is 1.04 bits per heavy atom. The van der Waals surface area contributed by atoms with E-state index in [0.717, 1.165) is 32.1 Å². The molecule has 1 heterocycles. The Bertz CT molecular complexity index is 748. The van der Waals surface area contributed by atoms with Gasteiger partial charge in [0, 0.05) is 25.0 Å². The number of fused-ring (bicyclic) bond motifs is 1. The number of carbonyl (C=O) groups is 1. The fraction of sp³-hybridized carbons (Fsp3) is 0.611. The Labute approximate surface area is 143 Å². The molecule has 0 atom stereocenters. The van der Waals surface area contributed by atoms with Crippen molar-refractivity contribution in [3.8, 4) is 0 Å². The smallest absolute Gasteiger partial charge is 0.243 e. The summed E-state index contributed by atoms with van der Waals surface area (Å²) in [6.45, 7) is 0.962. The normalized spacial score (nSPS) is 22.3. The molecule has 6 heteroatoms. The number of rotatable bonds is 4. The first-order valence-electron chi connectivity index (χ1n) is 8.96. The molecule has 3 aliphatic rings. The van der Waals surface area contributed by atoms with Crippen molar-refractivity contribution in [3.05, 3.63) is 29.3 Å². The minimum atomic E-state index is -3.42. The fourth-order valence-electron chi connectivity index (χ4n) is 3.76. The molecular weight excluding hydrogens is 324 g/mol. The van der Waals surface area contributed by atoms with Crippen molar-refractivity contribution >= 4 is 15.9 Å². The highest BCUT2D eigenvalue weighted by atomic mass is 32.2. The van der Waals surface area contributed by atoms with Crippen molar-refractivity contribution in [2.24, 2.45) is 5.92 Å². The number of hydrogen-bond donors (Lipinski definition) is 1. The number of hydrogen-bond acceptors (Lipinski definition) is 3. The van der Waals surface area contributed by atoms with Crippen molar-refractivity contribution < 1.29 is 13.2 Å². The van der Waals surface area contributed by atoms with E-state index in [1.54, 1.807) is 10.4 Å². The number of aryl methyl sites for hydroxylation is 2. The van der Waals surface area contributed by atoms with Gasteiger partial charge in [-0.2, -0.15) is 4.31 Å². The molecule has 0 unspecified atom stereocenters. The van der Waals surface area contributed by atoms with E-state index in [4.69, 9.17) is 0 Å². The molecule has 130 valence electrons. The zero-order valence-electron chi connectivity index (χ0n) is 13.8. The lowest BCUT2D eigenvalue weighted by molar-refractivity contribution is -0.123. The molecule has 1 aliphatic heterocycles. The van der Waals surface area contributed by atoms with Gasteiger partial charge >= 0.3 is 0 Å². The van der Waals surface area contributed by atoms with Gasteiger partial charge in [-0.25, -0.2) is 8.42 Å². The van der Waals surface area contributed by atoms with Crippen LogP contribution in [0.15, 0.2) is 23.1 Å². The average molecular weight is 348 g/mol. The molecule has 1 aromatic carbocycles. The van der Waals surface area contributed by atoms with Gasteiger partial charge in [0.15, 0.2) is 0 Å². The molecule has 1 N–H and O–H groups in total. The monoisotopic (exact) mass is 348 g/mol. The summed E-state index contributed by atoms with van der Waals surface area (Å²) in [4.78, 5) is 12.3. The molecular formula is C18H24N2O3S. The van der Waals surface area contributed by atoms with E-state index in [1.165, 1.54) is 11.1 Å². The second-order valence-electron chi connectivity index (χ2n) is 7.25. The standard InChI is InChI=1S/C18H24N2O3S/c21-18(14-4-5-14)19-16-8-10-20(11-9-16)24(22,23)17-7-6-13-2-1-3-15(13)12-17/h6-7,12,14,16H,1-5,8-11H2,(H,19,21). The fourth-order valence-corrected chi connectivity index (χ4v) is 5.28. The van der Waals surface area contributed by atoms with E-state index in [1.807, 2.05) is 12.1 Å². The number of carbonyl (C=O) groups excluding carboxylic acids is 1. The van der Waals surface area contributed by atoms with Gasteiger partial charge in [-0.15, -0.1) is 0 Å². The quantitative estimate of drug-likeness (QED) is 0.903. The van der Waals surface area contributed by atoms with Crippen LogP contribution in [0.2, 0.25) is 0 Å². The maximum atomic E-state index is 12.9. The maximum Gasteiger partial charge on any atom is 0.243 e. The predicted octanol–water partition coefficient (Wildman–Crippen LogP) is 1.85. The van der Waals surface area contributed by atoms with E-state index in [9.17, 15) is 13.2 Å². The number of sulfonamides is 1.